The Morgan fingerprint density at radius 1 is 1.12 bits per heavy atom. The molecule has 2 aliphatic rings. The van der Waals surface area contributed by atoms with E-state index in [4.69, 9.17) is 21.9 Å². The van der Waals surface area contributed by atoms with Gasteiger partial charge in [-0.2, -0.15) is 0 Å². The fourth-order valence-corrected chi connectivity index (χ4v) is 7.29. The maximum atomic E-state index is 14.1. The molecule has 0 spiro atoms. The second kappa shape index (κ2) is 10.0. The number of nitrogens with zero attached hydrogens (tertiary/aromatic N) is 1. The first-order chi connectivity index (χ1) is 19.2. The Kier molecular flexibility index (Phi) is 6.62. The van der Waals surface area contributed by atoms with Crippen molar-refractivity contribution in [3.63, 3.8) is 0 Å². The standard InChI is InChI=1S/C31H33N5O3S/c1-3-36-14-13-18(16-36)35-30(38)28-25-24-22(11-12-23(32)27(24)40-28)31(34,29(37)26(25)33)21-10-9-20(15-17(21)2)39-19-7-5-4-6-8-19/h4-12,15,18,26H,3,13-14,16,32-34H2,1-2H3,(H,35,38). The lowest BCUT2D eigenvalue weighted by molar-refractivity contribution is -0.124. The highest BCUT2D eigenvalue weighted by atomic mass is 32.1. The summed E-state index contributed by atoms with van der Waals surface area (Å²) in [5.41, 5.74) is 21.7. The van der Waals surface area contributed by atoms with Gasteiger partial charge in [0.2, 0.25) is 0 Å². The molecule has 3 unspecified atom stereocenters. The normalized spacial score (nSPS) is 22.6. The molecule has 3 atom stereocenters. The molecule has 1 saturated heterocycles. The summed E-state index contributed by atoms with van der Waals surface area (Å²) < 4.78 is 6.72. The maximum Gasteiger partial charge on any atom is 0.262 e. The molecule has 1 aliphatic heterocycles. The van der Waals surface area contributed by atoms with E-state index in [1.54, 1.807) is 18.2 Å². The molecule has 0 saturated carbocycles. The fourth-order valence-electron chi connectivity index (χ4n) is 6.08. The van der Waals surface area contributed by atoms with Crippen LogP contribution in [0.3, 0.4) is 0 Å². The maximum absolute atomic E-state index is 14.1. The van der Waals surface area contributed by atoms with E-state index in [-0.39, 0.29) is 17.7 Å². The topological polar surface area (TPSA) is 137 Å². The predicted octanol–water partition coefficient (Wildman–Crippen LogP) is 4.19. The minimum atomic E-state index is -1.52. The summed E-state index contributed by atoms with van der Waals surface area (Å²) in [6.45, 7) is 6.70. The summed E-state index contributed by atoms with van der Waals surface area (Å²) in [4.78, 5) is 30.4. The number of ketones is 1. The second-order valence-corrected chi connectivity index (χ2v) is 11.7. The highest BCUT2D eigenvalue weighted by Crippen LogP contribution is 2.50. The number of amides is 1. The minimum absolute atomic E-state index is 0.0464. The molecule has 4 aromatic rings. The Morgan fingerprint density at radius 2 is 1.88 bits per heavy atom. The van der Waals surface area contributed by atoms with Crippen LogP contribution >= 0.6 is 11.3 Å². The van der Waals surface area contributed by atoms with Gasteiger partial charge in [0.05, 0.1) is 15.6 Å². The zero-order valence-corrected chi connectivity index (χ0v) is 23.4. The lowest BCUT2D eigenvalue weighted by Crippen LogP contribution is -2.53. The highest BCUT2D eigenvalue weighted by molar-refractivity contribution is 7.21. The summed E-state index contributed by atoms with van der Waals surface area (Å²) in [5, 5.41) is 3.86. The van der Waals surface area contributed by atoms with Gasteiger partial charge in [0.1, 0.15) is 17.0 Å². The van der Waals surface area contributed by atoms with Crippen molar-refractivity contribution < 1.29 is 14.3 Å². The van der Waals surface area contributed by atoms with Crippen LogP contribution in [0.15, 0.2) is 60.7 Å². The van der Waals surface area contributed by atoms with Crippen molar-refractivity contribution >= 4 is 38.8 Å². The van der Waals surface area contributed by atoms with Gasteiger partial charge in [-0.3, -0.25) is 9.59 Å². The van der Waals surface area contributed by atoms with Gasteiger partial charge in [-0.05, 0) is 66.9 Å². The Balaban J connectivity index is 1.42. The van der Waals surface area contributed by atoms with E-state index >= 15 is 0 Å². The lowest BCUT2D eigenvalue weighted by Gasteiger charge is -2.37. The van der Waals surface area contributed by atoms with Crippen molar-refractivity contribution in [3.8, 4) is 11.5 Å². The molecule has 40 heavy (non-hydrogen) atoms. The van der Waals surface area contributed by atoms with E-state index in [2.05, 4.69) is 17.1 Å². The van der Waals surface area contributed by atoms with Crippen molar-refractivity contribution in [2.75, 3.05) is 25.4 Å². The van der Waals surface area contributed by atoms with E-state index in [1.807, 2.05) is 49.4 Å². The smallest absolute Gasteiger partial charge is 0.262 e. The van der Waals surface area contributed by atoms with E-state index in [0.717, 1.165) is 36.3 Å². The Hall–Kier alpha value is -3.76. The largest absolute Gasteiger partial charge is 0.457 e. The minimum Gasteiger partial charge on any atom is -0.457 e. The number of ether oxygens (including phenoxy) is 1. The molecule has 1 fully saturated rings. The number of hydrogen-bond acceptors (Lipinski definition) is 8. The summed E-state index contributed by atoms with van der Waals surface area (Å²) in [5.74, 6) is 0.754. The van der Waals surface area contributed by atoms with Crippen LogP contribution in [-0.2, 0) is 10.3 Å². The first kappa shape index (κ1) is 26.5. The van der Waals surface area contributed by atoms with Crippen LogP contribution in [0.2, 0.25) is 0 Å². The SMILES string of the molecule is CCN1CCC(NC(=O)c2sc3c(N)ccc4c3c2C(N)C(=O)C4(N)c2ccc(Oc3ccccc3)cc2C)C1. The number of nitrogen functional groups attached to an aromatic ring is 1. The number of carbonyl (C=O) groups excluding carboxylic acids is 2. The summed E-state index contributed by atoms with van der Waals surface area (Å²) in [6.07, 6.45) is 0.882. The molecule has 1 aliphatic carbocycles. The first-order valence-corrected chi connectivity index (χ1v) is 14.3. The van der Waals surface area contributed by atoms with E-state index in [9.17, 15) is 9.59 Å². The third-order valence-electron chi connectivity index (χ3n) is 8.18. The second-order valence-electron chi connectivity index (χ2n) is 10.6. The van der Waals surface area contributed by atoms with Crippen LogP contribution in [0, 0.1) is 6.92 Å². The quantitative estimate of drug-likeness (QED) is 0.262. The van der Waals surface area contributed by atoms with Gasteiger partial charge < -0.3 is 32.2 Å². The molecule has 3 aromatic carbocycles. The van der Waals surface area contributed by atoms with Crippen molar-refractivity contribution in [1.82, 2.24) is 10.2 Å². The molecule has 7 N–H and O–H groups in total. The van der Waals surface area contributed by atoms with E-state index in [1.165, 1.54) is 11.3 Å². The number of para-hydroxylation sites is 1. The van der Waals surface area contributed by atoms with Crippen LogP contribution in [0.5, 0.6) is 11.5 Å². The summed E-state index contributed by atoms with van der Waals surface area (Å²) in [6, 6.07) is 17.5. The molecule has 0 bridgehead atoms. The number of benzene rings is 3. The van der Waals surface area contributed by atoms with Crippen LogP contribution in [0.25, 0.3) is 10.1 Å². The van der Waals surface area contributed by atoms with Gasteiger partial charge in [0.25, 0.3) is 5.91 Å². The number of anilines is 1. The number of carbonyl (C=O) groups is 2. The van der Waals surface area contributed by atoms with Gasteiger partial charge in [0, 0.05) is 35.8 Å². The van der Waals surface area contributed by atoms with Gasteiger partial charge in [-0.25, -0.2) is 0 Å². The van der Waals surface area contributed by atoms with Crippen molar-refractivity contribution in [1.29, 1.82) is 0 Å². The first-order valence-electron chi connectivity index (χ1n) is 13.5. The average Bonchev–Trinajstić information content (AvgIpc) is 3.57. The van der Waals surface area contributed by atoms with Gasteiger partial charge >= 0.3 is 0 Å². The third-order valence-corrected chi connectivity index (χ3v) is 9.43. The zero-order chi connectivity index (χ0) is 28.2. The number of likely N-dealkylation sites (N-methyl/N-ethyl adjacent to an activating group) is 1. The molecule has 206 valence electrons. The number of nitrogens with two attached hydrogens (primary N) is 3. The van der Waals surface area contributed by atoms with Crippen LogP contribution in [0.4, 0.5) is 5.69 Å². The molecular formula is C31H33N5O3S. The van der Waals surface area contributed by atoms with Crippen molar-refractivity contribution in [2.45, 2.75) is 37.9 Å². The van der Waals surface area contributed by atoms with Gasteiger partial charge in [-0.15, -0.1) is 11.3 Å². The number of hydrogen-bond donors (Lipinski definition) is 4. The number of rotatable bonds is 6. The van der Waals surface area contributed by atoms with E-state index in [0.29, 0.717) is 44.1 Å². The van der Waals surface area contributed by atoms with Crippen LogP contribution in [0.1, 0.15) is 51.3 Å². The zero-order valence-electron chi connectivity index (χ0n) is 22.6. The Bertz CT molecular complexity index is 1640. The van der Waals surface area contributed by atoms with Gasteiger partial charge in [0.15, 0.2) is 5.78 Å². The van der Waals surface area contributed by atoms with Crippen molar-refractivity contribution in [3.05, 3.63) is 87.8 Å². The van der Waals surface area contributed by atoms with E-state index < -0.39 is 11.6 Å². The molecule has 1 aromatic heterocycles. The summed E-state index contributed by atoms with van der Waals surface area (Å²) >= 11 is 1.28. The molecule has 8 nitrogen and oxygen atoms in total. The molecule has 0 radical (unpaired) electrons. The van der Waals surface area contributed by atoms with Gasteiger partial charge in [-0.1, -0.05) is 37.3 Å². The number of aryl methyl sites for hydroxylation is 1. The monoisotopic (exact) mass is 555 g/mol. The number of likely N-dealkylation sites (tertiary alicyclic amines) is 1. The van der Waals surface area contributed by atoms with Crippen molar-refractivity contribution in [2.24, 2.45) is 11.5 Å². The molecule has 1 amide bonds. The average molecular weight is 556 g/mol. The molecular weight excluding hydrogens is 522 g/mol. The molecule has 6 rings (SSSR count). The Morgan fingerprint density at radius 3 is 2.58 bits per heavy atom. The molecule has 2 heterocycles. The number of Topliss-reactive ketones (excluding diaryl/α,β-unsaturated/α-hetero) is 1. The number of thiophene rings is 1. The summed E-state index contributed by atoms with van der Waals surface area (Å²) in [7, 11) is 0. The predicted molar refractivity (Wildman–Crippen MR) is 159 cm³/mol. The van der Waals surface area contributed by atoms with Crippen LogP contribution < -0.4 is 27.3 Å². The third kappa shape index (κ3) is 4.17. The Labute approximate surface area is 237 Å². The number of nitrogens with one attached hydrogen (secondary N) is 1. The molecule has 9 heteroatoms. The van der Waals surface area contributed by atoms with Crippen LogP contribution in [-0.4, -0.2) is 42.3 Å². The lowest BCUT2D eigenvalue weighted by atomic mass is 9.69. The highest BCUT2D eigenvalue weighted by Gasteiger charge is 2.49. The fraction of sp³-hybridized carbons (Fsp3) is 0.290.